The van der Waals surface area contributed by atoms with E-state index in [9.17, 15) is 30.8 Å². The molecule has 0 bridgehead atoms. The average Bonchev–Trinajstić information content (AvgIpc) is 3.49. The molecule has 0 unspecified atom stereocenters. The topological polar surface area (TPSA) is 114 Å². The van der Waals surface area contributed by atoms with E-state index in [4.69, 9.17) is 4.42 Å². The zero-order chi connectivity index (χ0) is 25.1. The van der Waals surface area contributed by atoms with E-state index in [0.717, 1.165) is 4.31 Å². The number of carbonyl (C=O) groups is 1. The standard InChI is InChI=1S/C20H18F4N6O4S/c1-28-10-13(19(31)29-6-4-20(23,24)5-7-29)16(27-28)30-9-12-3-2-11(8-14(12)35(30,32)33)17-25-26-18(34-17)15(21)22/h2-3,8,10,15H,4-7,9H2,1H3. The average molecular weight is 514 g/mol. The number of sulfonamides is 1. The number of aromatic nitrogens is 4. The number of benzene rings is 1. The number of hydrogen-bond donors (Lipinski definition) is 0. The number of fused-ring (bicyclic) bond motifs is 1. The predicted molar refractivity (Wildman–Crippen MR) is 111 cm³/mol. The Labute approximate surface area is 196 Å². The summed E-state index contributed by atoms with van der Waals surface area (Å²) in [5, 5.41) is 10.9. The van der Waals surface area contributed by atoms with Crippen LogP contribution in [0.3, 0.4) is 0 Å². The first-order valence-corrected chi connectivity index (χ1v) is 11.9. The Bertz CT molecular complexity index is 1410. The molecule has 2 aromatic heterocycles. The first-order valence-electron chi connectivity index (χ1n) is 10.4. The number of hydrogen-bond acceptors (Lipinski definition) is 7. The number of nitrogens with zero attached hydrogens (tertiary/aromatic N) is 6. The maximum Gasteiger partial charge on any atom is 0.314 e. The molecule has 0 aliphatic carbocycles. The maximum atomic E-state index is 13.5. The van der Waals surface area contributed by atoms with Crippen molar-refractivity contribution < 1.29 is 35.2 Å². The molecule has 35 heavy (non-hydrogen) atoms. The van der Waals surface area contributed by atoms with Gasteiger partial charge in [-0.2, -0.15) is 13.9 Å². The van der Waals surface area contributed by atoms with Gasteiger partial charge >= 0.3 is 6.43 Å². The van der Waals surface area contributed by atoms with Crippen molar-refractivity contribution in [2.45, 2.75) is 36.6 Å². The van der Waals surface area contributed by atoms with E-state index in [1.54, 1.807) is 0 Å². The second-order valence-corrected chi connectivity index (χ2v) is 10.1. The van der Waals surface area contributed by atoms with Crippen molar-refractivity contribution in [2.24, 2.45) is 7.05 Å². The molecule has 4 heterocycles. The smallest absolute Gasteiger partial charge is 0.314 e. The summed E-state index contributed by atoms with van der Waals surface area (Å²) in [6.45, 7) is -0.470. The van der Waals surface area contributed by atoms with Gasteiger partial charge in [-0.05, 0) is 17.7 Å². The Morgan fingerprint density at radius 1 is 1.17 bits per heavy atom. The molecule has 0 saturated carbocycles. The van der Waals surface area contributed by atoms with E-state index < -0.39 is 47.0 Å². The number of halogens is 4. The number of aryl methyl sites for hydroxylation is 1. The first-order chi connectivity index (χ1) is 16.5. The summed E-state index contributed by atoms with van der Waals surface area (Å²) in [6, 6.07) is 4.16. The number of anilines is 1. The molecular weight excluding hydrogens is 496 g/mol. The third-order valence-corrected chi connectivity index (χ3v) is 7.70. The van der Waals surface area contributed by atoms with E-state index in [2.05, 4.69) is 15.3 Å². The number of alkyl halides is 4. The van der Waals surface area contributed by atoms with Crippen molar-refractivity contribution in [1.82, 2.24) is 24.9 Å². The second-order valence-electron chi connectivity index (χ2n) is 8.27. The highest BCUT2D eigenvalue weighted by atomic mass is 32.2. The van der Waals surface area contributed by atoms with Crippen LogP contribution >= 0.6 is 0 Å². The fourth-order valence-corrected chi connectivity index (χ4v) is 5.71. The van der Waals surface area contributed by atoms with E-state index in [-0.39, 0.29) is 47.4 Å². The van der Waals surface area contributed by atoms with Crippen molar-refractivity contribution in [2.75, 3.05) is 17.4 Å². The van der Waals surface area contributed by atoms with Gasteiger partial charge in [0.1, 0.15) is 5.56 Å². The molecule has 0 spiro atoms. The number of rotatable bonds is 4. The third kappa shape index (κ3) is 4.02. The van der Waals surface area contributed by atoms with Crippen LogP contribution in [-0.4, -0.2) is 58.2 Å². The van der Waals surface area contributed by atoms with Gasteiger partial charge in [-0.25, -0.2) is 21.5 Å². The largest absolute Gasteiger partial charge is 0.415 e. The molecular formula is C20H18F4N6O4S. The molecule has 3 aromatic rings. The molecule has 0 atom stereocenters. The van der Waals surface area contributed by atoms with Crippen LogP contribution in [0.5, 0.6) is 0 Å². The molecule has 0 N–H and O–H groups in total. The summed E-state index contributed by atoms with van der Waals surface area (Å²) in [5.74, 6) is -4.74. The van der Waals surface area contributed by atoms with Gasteiger partial charge in [0.2, 0.25) is 5.89 Å². The van der Waals surface area contributed by atoms with Crippen LogP contribution in [0.2, 0.25) is 0 Å². The van der Waals surface area contributed by atoms with Crippen molar-refractivity contribution >= 4 is 21.7 Å². The van der Waals surface area contributed by atoms with E-state index >= 15 is 0 Å². The Kier molecular flexibility index (Phi) is 5.34. The quantitative estimate of drug-likeness (QED) is 0.492. The highest BCUT2D eigenvalue weighted by Gasteiger charge is 2.41. The van der Waals surface area contributed by atoms with Gasteiger partial charge in [-0.1, -0.05) is 6.07 Å². The summed E-state index contributed by atoms with van der Waals surface area (Å²) in [5.41, 5.74) is 0.469. The Morgan fingerprint density at radius 2 is 1.89 bits per heavy atom. The fourth-order valence-electron chi connectivity index (χ4n) is 4.06. The number of piperidine rings is 1. The summed E-state index contributed by atoms with van der Waals surface area (Å²) < 4.78 is 86.5. The van der Waals surface area contributed by atoms with Crippen LogP contribution in [0, 0.1) is 0 Å². The number of likely N-dealkylation sites (tertiary alicyclic amines) is 1. The minimum atomic E-state index is -4.20. The predicted octanol–water partition coefficient (Wildman–Crippen LogP) is 2.99. The maximum absolute atomic E-state index is 13.5. The summed E-state index contributed by atoms with van der Waals surface area (Å²) in [7, 11) is -2.69. The molecule has 5 rings (SSSR count). The van der Waals surface area contributed by atoms with Gasteiger partial charge in [-0.15, -0.1) is 10.2 Å². The molecule has 10 nitrogen and oxygen atoms in total. The van der Waals surface area contributed by atoms with Crippen molar-refractivity contribution in [3.8, 4) is 11.5 Å². The number of carbonyl (C=O) groups excluding carboxylic acids is 1. The lowest BCUT2D eigenvalue weighted by Crippen LogP contribution is -2.43. The zero-order valence-corrected chi connectivity index (χ0v) is 19.0. The number of amides is 1. The van der Waals surface area contributed by atoms with Gasteiger partial charge in [0.05, 0.1) is 11.4 Å². The highest BCUT2D eigenvalue weighted by molar-refractivity contribution is 7.93. The minimum Gasteiger partial charge on any atom is -0.415 e. The van der Waals surface area contributed by atoms with Gasteiger partial charge in [-0.3, -0.25) is 9.48 Å². The Balaban J connectivity index is 1.47. The molecule has 1 fully saturated rings. The van der Waals surface area contributed by atoms with Crippen molar-refractivity contribution in [3.05, 3.63) is 41.4 Å². The Morgan fingerprint density at radius 3 is 2.54 bits per heavy atom. The molecule has 186 valence electrons. The Hall–Kier alpha value is -3.49. The van der Waals surface area contributed by atoms with Gasteiger partial charge in [0.25, 0.3) is 27.7 Å². The first kappa shape index (κ1) is 23.3. The molecule has 2 aliphatic heterocycles. The van der Waals surface area contributed by atoms with Crippen LogP contribution in [0.25, 0.3) is 11.5 Å². The lowest BCUT2D eigenvalue weighted by Gasteiger charge is -2.31. The summed E-state index contributed by atoms with van der Waals surface area (Å²) in [4.78, 5) is 14.2. The SMILES string of the molecule is Cn1cc(C(=O)N2CCC(F)(F)CC2)c(N2Cc3ccc(-c4nnc(C(F)F)o4)cc3S2(=O)=O)n1. The van der Waals surface area contributed by atoms with Crippen LogP contribution < -0.4 is 4.31 Å². The normalized spacial score (nSPS) is 18.8. The molecule has 1 aromatic carbocycles. The van der Waals surface area contributed by atoms with Gasteiger partial charge < -0.3 is 9.32 Å². The van der Waals surface area contributed by atoms with Crippen LogP contribution in [0.1, 0.15) is 41.1 Å². The van der Waals surface area contributed by atoms with Crippen LogP contribution in [0.15, 0.2) is 33.7 Å². The monoisotopic (exact) mass is 514 g/mol. The van der Waals surface area contributed by atoms with Crippen LogP contribution in [-0.2, 0) is 23.6 Å². The second kappa shape index (κ2) is 8.03. The summed E-state index contributed by atoms with van der Waals surface area (Å²) in [6.07, 6.45) is -2.59. The van der Waals surface area contributed by atoms with Crippen molar-refractivity contribution in [3.63, 3.8) is 0 Å². The minimum absolute atomic E-state index is 0.0344. The van der Waals surface area contributed by atoms with E-state index in [1.807, 2.05) is 0 Å². The van der Waals surface area contributed by atoms with Gasteiger partial charge in [0.15, 0.2) is 5.82 Å². The fraction of sp³-hybridized carbons (Fsp3) is 0.400. The highest BCUT2D eigenvalue weighted by Crippen LogP contribution is 2.38. The van der Waals surface area contributed by atoms with E-state index in [0.29, 0.717) is 5.56 Å². The molecule has 2 aliphatic rings. The molecule has 1 saturated heterocycles. The molecule has 1 amide bonds. The molecule has 15 heteroatoms. The third-order valence-electron chi connectivity index (χ3n) is 5.88. The lowest BCUT2D eigenvalue weighted by molar-refractivity contribution is -0.0494. The zero-order valence-electron chi connectivity index (χ0n) is 18.2. The van der Waals surface area contributed by atoms with Crippen molar-refractivity contribution in [1.29, 1.82) is 0 Å². The molecule has 0 radical (unpaired) electrons. The van der Waals surface area contributed by atoms with Gasteiger partial charge in [0, 0.05) is 44.7 Å². The van der Waals surface area contributed by atoms with Crippen LogP contribution in [0.4, 0.5) is 23.4 Å². The summed E-state index contributed by atoms with van der Waals surface area (Å²) >= 11 is 0. The lowest BCUT2D eigenvalue weighted by atomic mass is 10.1. The van der Waals surface area contributed by atoms with E-state index in [1.165, 1.54) is 41.0 Å².